The van der Waals surface area contributed by atoms with Crippen molar-refractivity contribution in [2.24, 2.45) is 11.8 Å². The molecule has 146 valence electrons. The number of hydrogen-bond donors (Lipinski definition) is 0. The summed E-state index contributed by atoms with van der Waals surface area (Å²) in [6, 6.07) is 12.5. The van der Waals surface area contributed by atoms with Crippen molar-refractivity contribution in [3.8, 4) is 5.75 Å². The van der Waals surface area contributed by atoms with Gasteiger partial charge >= 0.3 is 0 Å². The zero-order valence-corrected chi connectivity index (χ0v) is 15.8. The van der Waals surface area contributed by atoms with E-state index in [9.17, 15) is 14.0 Å². The summed E-state index contributed by atoms with van der Waals surface area (Å²) >= 11 is 0. The number of ether oxygens (including phenoxy) is 1. The van der Waals surface area contributed by atoms with Gasteiger partial charge in [-0.1, -0.05) is 30.3 Å². The molecule has 0 saturated heterocycles. The van der Waals surface area contributed by atoms with Gasteiger partial charge in [-0.3, -0.25) is 4.79 Å². The molecule has 0 spiro atoms. The molecule has 0 N–H and O–H groups in total. The molecule has 4 rings (SSSR count). The van der Waals surface area contributed by atoms with Crippen LogP contribution in [-0.2, 0) is 17.9 Å². The number of fused-ring (bicyclic) bond motifs is 1. The van der Waals surface area contributed by atoms with Crippen molar-refractivity contribution in [1.29, 1.82) is 0 Å². The lowest BCUT2D eigenvalue weighted by atomic mass is 9.82. The summed E-state index contributed by atoms with van der Waals surface area (Å²) in [5.41, 5.74) is 2.20. The van der Waals surface area contributed by atoms with E-state index in [1.54, 1.807) is 11.0 Å². The van der Waals surface area contributed by atoms with Crippen molar-refractivity contribution >= 4 is 12.2 Å². The maximum absolute atomic E-state index is 14.5. The predicted octanol–water partition coefficient (Wildman–Crippen LogP) is 4.37. The molecule has 1 heterocycles. The van der Waals surface area contributed by atoms with Crippen LogP contribution in [0, 0.1) is 17.7 Å². The molecule has 0 unspecified atom stereocenters. The molecule has 0 aromatic heterocycles. The Balaban J connectivity index is 1.41. The number of amides is 1. The van der Waals surface area contributed by atoms with Crippen molar-refractivity contribution in [3.63, 3.8) is 0 Å². The van der Waals surface area contributed by atoms with Gasteiger partial charge in [0.1, 0.15) is 12.9 Å². The van der Waals surface area contributed by atoms with Crippen LogP contribution in [0.25, 0.3) is 0 Å². The molecule has 4 nitrogen and oxygen atoms in total. The molecule has 0 radical (unpaired) electrons. The molecule has 28 heavy (non-hydrogen) atoms. The van der Waals surface area contributed by atoms with Crippen LogP contribution in [0.4, 0.5) is 4.39 Å². The third-order valence-electron chi connectivity index (χ3n) is 5.84. The highest BCUT2D eigenvalue weighted by molar-refractivity contribution is 5.98. The average molecular weight is 381 g/mol. The Kier molecular flexibility index (Phi) is 5.42. The average Bonchev–Trinajstić information content (AvgIpc) is 3.02. The molecule has 1 aliphatic carbocycles. The minimum atomic E-state index is -0.434. The number of aldehydes is 1. The van der Waals surface area contributed by atoms with Gasteiger partial charge in [-0.25, -0.2) is 4.39 Å². The first-order chi connectivity index (χ1) is 13.6. The fourth-order valence-electron chi connectivity index (χ4n) is 4.18. The second-order valence-electron chi connectivity index (χ2n) is 7.82. The zero-order chi connectivity index (χ0) is 19.5. The topological polar surface area (TPSA) is 46.6 Å². The summed E-state index contributed by atoms with van der Waals surface area (Å²) < 4.78 is 20.1. The highest BCUT2D eigenvalue weighted by Gasteiger charge is 2.32. The Morgan fingerprint density at radius 2 is 1.86 bits per heavy atom. The number of rotatable bonds is 6. The number of halogens is 1. The van der Waals surface area contributed by atoms with Gasteiger partial charge in [0.15, 0.2) is 11.6 Å². The van der Waals surface area contributed by atoms with E-state index in [2.05, 4.69) is 0 Å². The Morgan fingerprint density at radius 1 is 1.11 bits per heavy atom. The van der Waals surface area contributed by atoms with Gasteiger partial charge < -0.3 is 14.4 Å². The normalized spacial score (nSPS) is 21.5. The first kappa shape index (κ1) is 18.7. The summed E-state index contributed by atoms with van der Waals surface area (Å²) in [5.74, 6) is 0.200. The van der Waals surface area contributed by atoms with E-state index in [-0.39, 0.29) is 24.2 Å². The number of nitrogens with zero attached hydrogens (tertiary/aromatic N) is 1. The molecule has 5 heteroatoms. The fraction of sp³-hybridized carbons (Fsp3) is 0.391. The molecule has 2 aromatic carbocycles. The fourth-order valence-corrected chi connectivity index (χ4v) is 4.18. The molecular weight excluding hydrogens is 357 g/mol. The van der Waals surface area contributed by atoms with Gasteiger partial charge in [-0.15, -0.1) is 0 Å². The highest BCUT2D eigenvalue weighted by atomic mass is 19.1. The first-order valence-electron chi connectivity index (χ1n) is 9.87. The number of carbonyl (C=O) groups is 2. The van der Waals surface area contributed by atoms with Crippen molar-refractivity contribution < 1.29 is 18.7 Å². The maximum atomic E-state index is 14.5. The second-order valence-corrected chi connectivity index (χ2v) is 7.82. The van der Waals surface area contributed by atoms with Gasteiger partial charge in [0.05, 0.1) is 0 Å². The van der Waals surface area contributed by atoms with Gasteiger partial charge in [-0.05, 0) is 54.9 Å². The molecule has 1 fully saturated rings. The molecule has 0 bridgehead atoms. The summed E-state index contributed by atoms with van der Waals surface area (Å²) in [6.07, 6.45) is 4.77. The van der Waals surface area contributed by atoms with E-state index in [1.165, 1.54) is 6.07 Å². The molecule has 1 aliphatic heterocycles. The summed E-state index contributed by atoms with van der Waals surface area (Å²) in [4.78, 5) is 25.5. The van der Waals surface area contributed by atoms with Gasteiger partial charge in [0.25, 0.3) is 5.91 Å². The van der Waals surface area contributed by atoms with E-state index in [0.29, 0.717) is 24.6 Å². The van der Waals surface area contributed by atoms with Crippen molar-refractivity contribution in [3.05, 3.63) is 65.0 Å². The minimum Gasteiger partial charge on any atom is -0.486 e. The monoisotopic (exact) mass is 381 g/mol. The van der Waals surface area contributed by atoms with Crippen LogP contribution >= 0.6 is 0 Å². The Labute approximate surface area is 164 Å². The quantitative estimate of drug-likeness (QED) is 0.698. The van der Waals surface area contributed by atoms with E-state index in [4.69, 9.17) is 4.74 Å². The molecule has 2 aliphatic rings. The molecule has 1 amide bonds. The summed E-state index contributed by atoms with van der Waals surface area (Å²) in [6.45, 7) is 1.37. The van der Waals surface area contributed by atoms with Crippen LogP contribution in [0.5, 0.6) is 5.75 Å². The smallest absolute Gasteiger partial charge is 0.254 e. The summed E-state index contributed by atoms with van der Waals surface area (Å²) in [7, 11) is 0. The number of carbonyl (C=O) groups excluding carboxylic acids is 2. The SMILES string of the molecule is O=CC1CCC(CN2Cc3cc(F)c(OCc4ccccc4)cc3C2=O)CC1. The lowest BCUT2D eigenvalue weighted by molar-refractivity contribution is -0.112. The van der Waals surface area contributed by atoms with Crippen LogP contribution in [0.2, 0.25) is 0 Å². The summed E-state index contributed by atoms with van der Waals surface area (Å²) in [5, 5.41) is 0. The van der Waals surface area contributed by atoms with Gasteiger partial charge in [0, 0.05) is 24.6 Å². The van der Waals surface area contributed by atoms with E-state index < -0.39 is 5.82 Å². The van der Waals surface area contributed by atoms with Crippen LogP contribution in [0.1, 0.15) is 47.2 Å². The number of hydrogen-bond acceptors (Lipinski definition) is 3. The predicted molar refractivity (Wildman–Crippen MR) is 103 cm³/mol. The first-order valence-corrected chi connectivity index (χ1v) is 9.87. The zero-order valence-electron chi connectivity index (χ0n) is 15.8. The third-order valence-corrected chi connectivity index (χ3v) is 5.84. The lowest BCUT2D eigenvalue weighted by Gasteiger charge is -2.29. The molecule has 1 saturated carbocycles. The third kappa shape index (κ3) is 3.93. The minimum absolute atomic E-state index is 0.0583. The highest BCUT2D eigenvalue weighted by Crippen LogP contribution is 2.33. The van der Waals surface area contributed by atoms with Crippen LogP contribution < -0.4 is 4.74 Å². The Morgan fingerprint density at radius 3 is 2.57 bits per heavy atom. The Bertz CT molecular complexity index is 860. The Hall–Kier alpha value is -2.69. The standard InChI is InChI=1S/C23H24FNO3/c24-21-10-19-13-25(12-16-6-8-17(14-26)9-7-16)23(27)20(19)11-22(21)28-15-18-4-2-1-3-5-18/h1-5,10-11,14,16-17H,6-9,12-13,15H2. The van der Waals surface area contributed by atoms with E-state index in [1.807, 2.05) is 30.3 Å². The van der Waals surface area contributed by atoms with Crippen molar-refractivity contribution in [2.45, 2.75) is 38.8 Å². The van der Waals surface area contributed by atoms with Crippen LogP contribution in [-0.4, -0.2) is 23.6 Å². The molecule has 0 atom stereocenters. The molecule has 2 aromatic rings. The largest absolute Gasteiger partial charge is 0.486 e. The maximum Gasteiger partial charge on any atom is 0.254 e. The van der Waals surface area contributed by atoms with Crippen LogP contribution in [0.15, 0.2) is 42.5 Å². The van der Waals surface area contributed by atoms with Crippen molar-refractivity contribution in [2.75, 3.05) is 6.54 Å². The van der Waals surface area contributed by atoms with Crippen LogP contribution in [0.3, 0.4) is 0 Å². The second kappa shape index (κ2) is 8.13. The van der Waals surface area contributed by atoms with Gasteiger partial charge in [-0.2, -0.15) is 0 Å². The van der Waals surface area contributed by atoms with E-state index in [0.717, 1.165) is 43.1 Å². The lowest BCUT2D eigenvalue weighted by Crippen LogP contribution is -2.32. The van der Waals surface area contributed by atoms with E-state index >= 15 is 0 Å². The van der Waals surface area contributed by atoms with Crippen molar-refractivity contribution in [1.82, 2.24) is 4.90 Å². The number of benzene rings is 2. The molecular formula is C23H24FNO3. The van der Waals surface area contributed by atoms with Gasteiger partial charge in [0.2, 0.25) is 0 Å².